The number of ether oxygens (including phenoxy) is 1. The van der Waals surface area contributed by atoms with Crippen LogP contribution >= 0.6 is 0 Å². The molecule has 0 unspecified atom stereocenters. The molecule has 0 aliphatic carbocycles. The summed E-state index contributed by atoms with van der Waals surface area (Å²) in [5.41, 5.74) is 8.86. The summed E-state index contributed by atoms with van der Waals surface area (Å²) in [5, 5.41) is 3.35. The lowest BCUT2D eigenvalue weighted by Gasteiger charge is -2.30. The Hall–Kier alpha value is -2.34. The van der Waals surface area contributed by atoms with Crippen LogP contribution in [0, 0.1) is 0 Å². The molecule has 2 aromatic rings. The van der Waals surface area contributed by atoms with Crippen molar-refractivity contribution in [3.05, 3.63) is 41.7 Å². The zero-order valence-corrected chi connectivity index (χ0v) is 13.5. The molecular weight excluding hydrogens is 290 g/mol. The van der Waals surface area contributed by atoms with Crippen molar-refractivity contribution in [2.75, 3.05) is 36.8 Å². The minimum atomic E-state index is 0.365. The van der Waals surface area contributed by atoms with E-state index in [1.54, 1.807) is 6.20 Å². The highest BCUT2D eigenvalue weighted by Gasteiger charge is 2.16. The smallest absolute Gasteiger partial charge is 0.237 e. The van der Waals surface area contributed by atoms with Crippen LogP contribution in [0.4, 0.5) is 11.5 Å². The predicted molar refractivity (Wildman–Crippen MR) is 91.7 cm³/mol. The van der Waals surface area contributed by atoms with Crippen molar-refractivity contribution >= 4 is 11.5 Å². The van der Waals surface area contributed by atoms with Gasteiger partial charge >= 0.3 is 0 Å². The van der Waals surface area contributed by atoms with E-state index < -0.39 is 0 Å². The normalized spacial score (nSPS) is 14.7. The highest BCUT2D eigenvalue weighted by Crippen LogP contribution is 2.26. The molecule has 0 atom stereocenters. The molecule has 3 N–H and O–H groups in total. The number of nitrogen functional groups attached to an aromatic ring is 1. The van der Waals surface area contributed by atoms with Gasteiger partial charge in [0.15, 0.2) is 0 Å². The van der Waals surface area contributed by atoms with Crippen molar-refractivity contribution < 1.29 is 4.74 Å². The van der Waals surface area contributed by atoms with Gasteiger partial charge in [-0.2, -0.15) is 0 Å². The Kier molecular flexibility index (Phi) is 4.92. The summed E-state index contributed by atoms with van der Waals surface area (Å²) in [6.07, 6.45) is 2.64. The number of hydrogen-bond donors (Lipinski definition) is 2. The van der Waals surface area contributed by atoms with Gasteiger partial charge in [0, 0.05) is 32.4 Å². The van der Waals surface area contributed by atoms with Gasteiger partial charge in [-0.05, 0) is 30.2 Å². The highest BCUT2D eigenvalue weighted by molar-refractivity contribution is 5.55. The van der Waals surface area contributed by atoms with Crippen molar-refractivity contribution in [1.29, 1.82) is 0 Å². The van der Waals surface area contributed by atoms with Crippen LogP contribution in [-0.4, -0.2) is 36.1 Å². The number of piperazine rings is 1. The standard InChI is InChI=1S/C17H23N5O/c1-2-13-5-6-14(21-16(13)18)12-23-17-15(4-3-7-20-17)22-10-8-19-9-11-22/h3-7,19H,2,8-12H2,1H3,(H2,18,21). The summed E-state index contributed by atoms with van der Waals surface area (Å²) in [5.74, 6) is 1.23. The monoisotopic (exact) mass is 313 g/mol. The maximum atomic E-state index is 5.95. The molecule has 6 nitrogen and oxygen atoms in total. The van der Waals surface area contributed by atoms with E-state index in [9.17, 15) is 0 Å². The minimum Gasteiger partial charge on any atom is -0.470 e. The van der Waals surface area contributed by atoms with Gasteiger partial charge in [0.2, 0.25) is 5.88 Å². The summed E-state index contributed by atoms with van der Waals surface area (Å²) < 4.78 is 5.91. The molecule has 6 heteroatoms. The second-order valence-corrected chi connectivity index (χ2v) is 5.55. The van der Waals surface area contributed by atoms with Crippen molar-refractivity contribution in [3.8, 4) is 5.88 Å². The van der Waals surface area contributed by atoms with Gasteiger partial charge in [0.25, 0.3) is 0 Å². The fraction of sp³-hybridized carbons (Fsp3) is 0.412. The summed E-state index contributed by atoms with van der Waals surface area (Å²) >= 11 is 0. The van der Waals surface area contributed by atoms with Crippen LogP contribution in [0.15, 0.2) is 30.5 Å². The van der Waals surface area contributed by atoms with Gasteiger partial charge in [-0.1, -0.05) is 13.0 Å². The van der Waals surface area contributed by atoms with Gasteiger partial charge in [-0.25, -0.2) is 9.97 Å². The first-order valence-corrected chi connectivity index (χ1v) is 8.05. The Morgan fingerprint density at radius 3 is 2.83 bits per heavy atom. The van der Waals surface area contributed by atoms with Gasteiger partial charge in [0.1, 0.15) is 12.4 Å². The van der Waals surface area contributed by atoms with E-state index in [2.05, 4.69) is 33.2 Å². The lowest BCUT2D eigenvalue weighted by molar-refractivity contribution is 0.289. The van der Waals surface area contributed by atoms with Crippen LogP contribution < -0.4 is 20.7 Å². The highest BCUT2D eigenvalue weighted by atomic mass is 16.5. The van der Waals surface area contributed by atoms with Gasteiger partial charge in [-0.3, -0.25) is 0 Å². The van der Waals surface area contributed by atoms with Crippen molar-refractivity contribution in [3.63, 3.8) is 0 Å². The SMILES string of the molecule is CCc1ccc(COc2ncccc2N2CCNCC2)nc1N. The Morgan fingerprint density at radius 1 is 1.26 bits per heavy atom. The lowest BCUT2D eigenvalue weighted by atomic mass is 10.2. The van der Waals surface area contributed by atoms with Gasteiger partial charge in [-0.15, -0.1) is 0 Å². The van der Waals surface area contributed by atoms with Crippen LogP contribution in [0.1, 0.15) is 18.2 Å². The van der Waals surface area contributed by atoms with Crippen LogP contribution in [0.2, 0.25) is 0 Å². The number of anilines is 2. The topological polar surface area (TPSA) is 76.3 Å². The molecule has 2 aromatic heterocycles. The molecule has 0 radical (unpaired) electrons. The maximum absolute atomic E-state index is 5.95. The van der Waals surface area contributed by atoms with E-state index in [0.717, 1.165) is 49.5 Å². The Morgan fingerprint density at radius 2 is 2.09 bits per heavy atom. The van der Waals surface area contributed by atoms with Crippen LogP contribution in [0.3, 0.4) is 0 Å². The first kappa shape index (κ1) is 15.6. The first-order chi connectivity index (χ1) is 11.3. The number of rotatable bonds is 5. The van der Waals surface area contributed by atoms with Crippen molar-refractivity contribution in [1.82, 2.24) is 15.3 Å². The molecule has 0 saturated carbocycles. The largest absolute Gasteiger partial charge is 0.470 e. The number of aryl methyl sites for hydroxylation is 1. The Balaban J connectivity index is 1.71. The number of pyridine rings is 2. The van der Waals surface area contributed by atoms with Crippen molar-refractivity contribution in [2.24, 2.45) is 0 Å². The second kappa shape index (κ2) is 7.28. The molecule has 0 bridgehead atoms. The molecule has 1 saturated heterocycles. The number of hydrogen-bond acceptors (Lipinski definition) is 6. The molecule has 1 fully saturated rings. The quantitative estimate of drug-likeness (QED) is 0.873. The van der Waals surface area contributed by atoms with E-state index in [1.807, 2.05) is 18.2 Å². The third-order valence-corrected chi connectivity index (χ3v) is 4.02. The van der Waals surface area contributed by atoms with E-state index in [0.29, 0.717) is 18.3 Å². The summed E-state index contributed by atoms with van der Waals surface area (Å²) in [6, 6.07) is 7.96. The average molecular weight is 313 g/mol. The fourth-order valence-electron chi connectivity index (χ4n) is 2.71. The van der Waals surface area contributed by atoms with Gasteiger partial charge < -0.3 is 20.7 Å². The Labute approximate surface area is 136 Å². The molecule has 1 aliphatic heterocycles. The Bertz CT molecular complexity index is 655. The zero-order valence-electron chi connectivity index (χ0n) is 13.5. The predicted octanol–water partition coefficient (Wildman–Crippen LogP) is 1.61. The number of nitrogens with two attached hydrogens (primary N) is 1. The van der Waals surface area contributed by atoms with E-state index in [-0.39, 0.29) is 0 Å². The molecule has 0 amide bonds. The van der Waals surface area contributed by atoms with E-state index in [1.165, 1.54) is 0 Å². The molecule has 1 aliphatic rings. The first-order valence-electron chi connectivity index (χ1n) is 8.05. The molecule has 0 aromatic carbocycles. The van der Waals surface area contributed by atoms with Crippen LogP contribution in [0.25, 0.3) is 0 Å². The fourth-order valence-corrected chi connectivity index (χ4v) is 2.71. The summed E-state index contributed by atoms with van der Waals surface area (Å²) in [4.78, 5) is 11.1. The average Bonchev–Trinajstić information content (AvgIpc) is 2.61. The molecular formula is C17H23N5O. The third-order valence-electron chi connectivity index (χ3n) is 4.02. The number of nitrogens with one attached hydrogen (secondary N) is 1. The summed E-state index contributed by atoms with van der Waals surface area (Å²) in [6.45, 7) is 6.30. The lowest BCUT2D eigenvalue weighted by Crippen LogP contribution is -2.43. The summed E-state index contributed by atoms with van der Waals surface area (Å²) in [7, 11) is 0. The molecule has 23 heavy (non-hydrogen) atoms. The molecule has 0 spiro atoms. The van der Waals surface area contributed by atoms with Crippen LogP contribution in [-0.2, 0) is 13.0 Å². The molecule has 3 heterocycles. The maximum Gasteiger partial charge on any atom is 0.237 e. The molecule has 122 valence electrons. The van der Waals surface area contributed by atoms with E-state index >= 15 is 0 Å². The molecule has 3 rings (SSSR count). The van der Waals surface area contributed by atoms with Crippen LogP contribution in [0.5, 0.6) is 5.88 Å². The second-order valence-electron chi connectivity index (χ2n) is 5.55. The minimum absolute atomic E-state index is 0.365. The number of aromatic nitrogens is 2. The van der Waals surface area contributed by atoms with Crippen molar-refractivity contribution in [2.45, 2.75) is 20.0 Å². The third kappa shape index (κ3) is 3.71. The van der Waals surface area contributed by atoms with E-state index in [4.69, 9.17) is 10.5 Å². The van der Waals surface area contributed by atoms with Gasteiger partial charge in [0.05, 0.1) is 11.4 Å². The zero-order chi connectivity index (χ0) is 16.1. The number of nitrogens with zero attached hydrogens (tertiary/aromatic N) is 3.